The molecule has 0 saturated heterocycles. The monoisotopic (exact) mass is 345 g/mol. The summed E-state index contributed by atoms with van der Waals surface area (Å²) in [6.45, 7) is 1.20. The zero-order chi connectivity index (χ0) is 16.1. The highest BCUT2D eigenvalue weighted by Crippen LogP contribution is 2.22. The molecule has 0 unspecified atom stereocenters. The van der Waals surface area contributed by atoms with Gasteiger partial charge in [-0.15, -0.1) is 11.3 Å². The molecule has 0 fully saturated rings. The van der Waals surface area contributed by atoms with Gasteiger partial charge in [0.05, 0.1) is 17.8 Å². The minimum absolute atomic E-state index is 0.00189. The molecule has 4 nitrogen and oxygen atoms in total. The quantitative estimate of drug-likeness (QED) is 0.741. The summed E-state index contributed by atoms with van der Waals surface area (Å²) in [5, 5.41) is 10.1. The standard InChI is InChI=1S/C17H16ClN3OS/c18-14-5-3-13(4-6-14)12-17(22)19-8-10-21-9-7-15(20-21)16-2-1-11-23-16/h1-7,9,11H,8,10,12H2,(H,19,22). The van der Waals surface area contributed by atoms with Crippen LogP contribution >= 0.6 is 22.9 Å². The average Bonchev–Trinajstić information content (AvgIpc) is 3.20. The highest BCUT2D eigenvalue weighted by Gasteiger charge is 2.05. The molecule has 1 amide bonds. The van der Waals surface area contributed by atoms with Crippen molar-refractivity contribution in [3.05, 3.63) is 64.6 Å². The predicted octanol–water partition coefficient (Wildman–Crippen LogP) is 3.62. The smallest absolute Gasteiger partial charge is 0.224 e. The van der Waals surface area contributed by atoms with Crippen LogP contribution in [0, 0.1) is 0 Å². The van der Waals surface area contributed by atoms with E-state index in [9.17, 15) is 4.79 Å². The van der Waals surface area contributed by atoms with Crippen molar-refractivity contribution in [1.29, 1.82) is 0 Å². The molecule has 0 radical (unpaired) electrons. The Morgan fingerprint density at radius 2 is 2.04 bits per heavy atom. The molecule has 0 bridgehead atoms. The third-order valence-electron chi connectivity index (χ3n) is 3.36. The van der Waals surface area contributed by atoms with Gasteiger partial charge in [0.1, 0.15) is 5.69 Å². The van der Waals surface area contributed by atoms with Gasteiger partial charge in [-0.1, -0.05) is 29.8 Å². The molecule has 2 aromatic heterocycles. The van der Waals surface area contributed by atoms with Crippen molar-refractivity contribution in [3.63, 3.8) is 0 Å². The number of nitrogens with one attached hydrogen (secondary N) is 1. The Kier molecular flexibility index (Phi) is 5.10. The van der Waals surface area contributed by atoms with Gasteiger partial charge >= 0.3 is 0 Å². The van der Waals surface area contributed by atoms with Crippen LogP contribution in [0.4, 0.5) is 0 Å². The van der Waals surface area contributed by atoms with E-state index < -0.39 is 0 Å². The summed E-state index contributed by atoms with van der Waals surface area (Å²) in [6, 6.07) is 13.4. The predicted molar refractivity (Wildman–Crippen MR) is 93.7 cm³/mol. The Morgan fingerprint density at radius 1 is 1.22 bits per heavy atom. The normalized spacial score (nSPS) is 10.7. The summed E-state index contributed by atoms with van der Waals surface area (Å²) in [6.07, 6.45) is 2.29. The van der Waals surface area contributed by atoms with Gasteiger partial charge < -0.3 is 5.32 Å². The van der Waals surface area contributed by atoms with Crippen molar-refractivity contribution >= 4 is 28.8 Å². The number of halogens is 1. The molecule has 0 atom stereocenters. The summed E-state index contributed by atoms with van der Waals surface area (Å²) in [5.74, 6) is -0.00189. The molecule has 1 aromatic carbocycles. The molecule has 3 rings (SSSR count). The maximum absolute atomic E-state index is 11.9. The maximum Gasteiger partial charge on any atom is 0.224 e. The van der Waals surface area contributed by atoms with E-state index in [0.29, 0.717) is 24.5 Å². The van der Waals surface area contributed by atoms with E-state index in [-0.39, 0.29) is 5.91 Å². The second-order valence-electron chi connectivity index (χ2n) is 5.09. The number of benzene rings is 1. The number of aromatic nitrogens is 2. The van der Waals surface area contributed by atoms with Crippen LogP contribution in [0.1, 0.15) is 5.56 Å². The highest BCUT2D eigenvalue weighted by atomic mass is 35.5. The molecule has 0 aliphatic rings. The minimum atomic E-state index is -0.00189. The van der Waals surface area contributed by atoms with Crippen LogP contribution in [0.3, 0.4) is 0 Å². The first-order valence-corrected chi connectivity index (χ1v) is 8.55. The number of nitrogens with zero attached hydrogens (tertiary/aromatic N) is 2. The largest absolute Gasteiger partial charge is 0.354 e. The third-order valence-corrected chi connectivity index (χ3v) is 4.50. The molecule has 0 aliphatic carbocycles. The summed E-state index contributed by atoms with van der Waals surface area (Å²) in [4.78, 5) is 13.1. The van der Waals surface area contributed by atoms with Gasteiger partial charge in [-0.3, -0.25) is 9.48 Å². The topological polar surface area (TPSA) is 46.9 Å². The first kappa shape index (κ1) is 15.8. The molecule has 3 aromatic rings. The van der Waals surface area contributed by atoms with Gasteiger partial charge in [-0.2, -0.15) is 5.10 Å². The highest BCUT2D eigenvalue weighted by molar-refractivity contribution is 7.13. The van der Waals surface area contributed by atoms with Crippen molar-refractivity contribution < 1.29 is 4.79 Å². The molecule has 118 valence electrons. The van der Waals surface area contributed by atoms with E-state index in [0.717, 1.165) is 16.1 Å². The second kappa shape index (κ2) is 7.44. The van der Waals surface area contributed by atoms with Gasteiger partial charge in [0, 0.05) is 17.8 Å². The van der Waals surface area contributed by atoms with Crippen molar-refractivity contribution in [3.8, 4) is 10.6 Å². The van der Waals surface area contributed by atoms with E-state index in [1.165, 1.54) is 0 Å². The van der Waals surface area contributed by atoms with E-state index >= 15 is 0 Å². The molecule has 1 N–H and O–H groups in total. The Labute approximate surface area is 143 Å². The average molecular weight is 346 g/mol. The molecular weight excluding hydrogens is 330 g/mol. The number of hydrogen-bond acceptors (Lipinski definition) is 3. The molecular formula is C17H16ClN3OS. The van der Waals surface area contributed by atoms with Crippen LogP contribution < -0.4 is 5.32 Å². The van der Waals surface area contributed by atoms with Gasteiger partial charge in [-0.25, -0.2) is 0 Å². The van der Waals surface area contributed by atoms with Gasteiger partial charge in [0.15, 0.2) is 0 Å². The van der Waals surface area contributed by atoms with Crippen LogP contribution in [0.25, 0.3) is 10.6 Å². The summed E-state index contributed by atoms with van der Waals surface area (Å²) in [7, 11) is 0. The van der Waals surface area contributed by atoms with Crippen molar-refractivity contribution in [2.45, 2.75) is 13.0 Å². The Balaban J connectivity index is 1.46. The van der Waals surface area contributed by atoms with Gasteiger partial charge in [-0.05, 0) is 35.2 Å². The molecule has 23 heavy (non-hydrogen) atoms. The van der Waals surface area contributed by atoms with Crippen LogP contribution in [-0.4, -0.2) is 22.2 Å². The summed E-state index contributed by atoms with van der Waals surface area (Å²) >= 11 is 7.49. The SMILES string of the molecule is O=C(Cc1ccc(Cl)cc1)NCCn1ccc(-c2cccs2)n1. The lowest BCUT2D eigenvalue weighted by Gasteiger charge is -2.06. The number of amides is 1. The second-order valence-corrected chi connectivity index (χ2v) is 6.48. The molecule has 2 heterocycles. The first-order valence-electron chi connectivity index (χ1n) is 7.29. The van der Waals surface area contributed by atoms with Crippen LogP contribution in [0.15, 0.2) is 54.0 Å². The fourth-order valence-corrected chi connectivity index (χ4v) is 3.02. The van der Waals surface area contributed by atoms with Crippen LogP contribution in [0.5, 0.6) is 0 Å². The number of thiophene rings is 1. The fraction of sp³-hybridized carbons (Fsp3) is 0.176. The summed E-state index contributed by atoms with van der Waals surface area (Å²) in [5.41, 5.74) is 1.92. The zero-order valence-electron chi connectivity index (χ0n) is 12.4. The fourth-order valence-electron chi connectivity index (χ4n) is 2.20. The Hall–Kier alpha value is -2.11. The zero-order valence-corrected chi connectivity index (χ0v) is 14.0. The van der Waals surface area contributed by atoms with Gasteiger partial charge in [0.25, 0.3) is 0 Å². The molecule has 0 aliphatic heterocycles. The number of hydrogen-bond donors (Lipinski definition) is 1. The Morgan fingerprint density at radius 3 is 2.78 bits per heavy atom. The molecule has 0 spiro atoms. The van der Waals surface area contributed by atoms with Crippen molar-refractivity contribution in [2.75, 3.05) is 6.54 Å². The number of rotatable bonds is 6. The lowest BCUT2D eigenvalue weighted by molar-refractivity contribution is -0.120. The Bertz CT molecular complexity index is 766. The minimum Gasteiger partial charge on any atom is -0.354 e. The number of carbonyl (C=O) groups excluding carboxylic acids is 1. The number of carbonyl (C=O) groups is 1. The van der Waals surface area contributed by atoms with Crippen LogP contribution in [0.2, 0.25) is 5.02 Å². The lowest BCUT2D eigenvalue weighted by atomic mass is 10.1. The van der Waals surface area contributed by atoms with Crippen LogP contribution in [-0.2, 0) is 17.8 Å². The third kappa shape index (κ3) is 4.43. The summed E-state index contributed by atoms with van der Waals surface area (Å²) < 4.78 is 1.84. The lowest BCUT2D eigenvalue weighted by Crippen LogP contribution is -2.28. The van der Waals surface area contributed by atoms with E-state index in [1.54, 1.807) is 23.5 Å². The maximum atomic E-state index is 11.9. The van der Waals surface area contributed by atoms with Crippen molar-refractivity contribution in [1.82, 2.24) is 15.1 Å². The molecule has 0 saturated carbocycles. The van der Waals surface area contributed by atoms with E-state index in [1.807, 2.05) is 46.6 Å². The van der Waals surface area contributed by atoms with E-state index in [4.69, 9.17) is 11.6 Å². The van der Waals surface area contributed by atoms with Gasteiger partial charge in [0.2, 0.25) is 5.91 Å². The molecule has 6 heteroatoms. The first-order chi connectivity index (χ1) is 11.2. The van der Waals surface area contributed by atoms with Crippen molar-refractivity contribution in [2.24, 2.45) is 0 Å². The van der Waals surface area contributed by atoms with E-state index in [2.05, 4.69) is 10.4 Å².